The summed E-state index contributed by atoms with van der Waals surface area (Å²) in [7, 11) is 1.49. The molecule has 1 fully saturated rings. The summed E-state index contributed by atoms with van der Waals surface area (Å²) in [4.78, 5) is 32.4. The molecule has 0 saturated carbocycles. The quantitative estimate of drug-likeness (QED) is 0.213. The van der Waals surface area contributed by atoms with Gasteiger partial charge in [-0.2, -0.15) is 0 Å². The van der Waals surface area contributed by atoms with Gasteiger partial charge in [0.1, 0.15) is 23.1 Å². The molecule has 1 aliphatic rings. The number of aliphatic hydroxyl groups excluding tert-OH is 1. The van der Waals surface area contributed by atoms with Crippen molar-refractivity contribution in [1.29, 1.82) is 0 Å². The van der Waals surface area contributed by atoms with E-state index in [4.69, 9.17) is 9.47 Å². The molecular formula is C27H21FN2O5S. The van der Waals surface area contributed by atoms with Crippen molar-refractivity contribution in [3.05, 3.63) is 89.2 Å². The van der Waals surface area contributed by atoms with E-state index in [9.17, 15) is 19.1 Å². The molecule has 3 aromatic carbocycles. The maximum atomic E-state index is 13.8. The predicted molar refractivity (Wildman–Crippen MR) is 135 cm³/mol. The highest BCUT2D eigenvalue weighted by atomic mass is 32.1. The molecule has 182 valence electrons. The summed E-state index contributed by atoms with van der Waals surface area (Å²) in [6.07, 6.45) is 0. The van der Waals surface area contributed by atoms with Gasteiger partial charge in [-0.05, 0) is 55.0 Å². The molecule has 1 saturated heterocycles. The van der Waals surface area contributed by atoms with E-state index >= 15 is 0 Å². The fourth-order valence-corrected chi connectivity index (χ4v) is 5.19. The van der Waals surface area contributed by atoms with E-state index in [0.717, 1.165) is 11.3 Å². The van der Waals surface area contributed by atoms with Crippen LogP contribution >= 0.6 is 11.3 Å². The van der Waals surface area contributed by atoms with Gasteiger partial charge in [0, 0.05) is 5.56 Å². The molecule has 0 radical (unpaired) electrons. The Morgan fingerprint density at radius 3 is 2.58 bits per heavy atom. The van der Waals surface area contributed by atoms with Gasteiger partial charge in [0.25, 0.3) is 5.78 Å². The Morgan fingerprint density at radius 2 is 1.86 bits per heavy atom. The van der Waals surface area contributed by atoms with Crippen molar-refractivity contribution in [3.8, 4) is 11.5 Å². The number of rotatable bonds is 6. The van der Waals surface area contributed by atoms with Gasteiger partial charge in [0.15, 0.2) is 5.13 Å². The Bertz CT molecular complexity index is 1510. The van der Waals surface area contributed by atoms with Gasteiger partial charge in [0.2, 0.25) is 0 Å². The number of carbonyl (C=O) groups is 2. The molecule has 9 heteroatoms. The van der Waals surface area contributed by atoms with Gasteiger partial charge < -0.3 is 14.6 Å². The number of anilines is 1. The second kappa shape index (κ2) is 9.43. The summed E-state index contributed by atoms with van der Waals surface area (Å²) in [5.74, 6) is -1.33. The number of ketones is 1. The first kappa shape index (κ1) is 23.5. The highest BCUT2D eigenvalue weighted by molar-refractivity contribution is 7.22. The highest BCUT2D eigenvalue weighted by Gasteiger charge is 2.48. The number of hydrogen-bond acceptors (Lipinski definition) is 7. The number of aliphatic hydroxyl groups is 1. The van der Waals surface area contributed by atoms with Crippen LogP contribution in [0.15, 0.2) is 72.3 Å². The summed E-state index contributed by atoms with van der Waals surface area (Å²) in [5.41, 5.74) is 1.32. The van der Waals surface area contributed by atoms with Crippen LogP contribution in [0.5, 0.6) is 11.5 Å². The smallest absolute Gasteiger partial charge is 0.301 e. The second-order valence-electron chi connectivity index (χ2n) is 8.01. The fourth-order valence-electron chi connectivity index (χ4n) is 4.17. The topological polar surface area (TPSA) is 89.0 Å². The zero-order valence-corrected chi connectivity index (χ0v) is 20.2. The van der Waals surface area contributed by atoms with Crippen molar-refractivity contribution in [2.24, 2.45) is 0 Å². The molecule has 2 heterocycles. The molecule has 0 spiro atoms. The zero-order valence-electron chi connectivity index (χ0n) is 19.4. The molecule has 1 unspecified atom stereocenters. The molecule has 36 heavy (non-hydrogen) atoms. The number of aromatic nitrogens is 1. The SMILES string of the molecule is CCOc1ccc(C2/C(=C(\O)c3cccc(OC)c3)C(=O)C(=O)N2c2nc3ccc(F)cc3s2)cc1. The van der Waals surface area contributed by atoms with Gasteiger partial charge >= 0.3 is 5.91 Å². The van der Waals surface area contributed by atoms with Crippen LogP contribution in [0.25, 0.3) is 16.0 Å². The van der Waals surface area contributed by atoms with Crippen molar-refractivity contribution in [2.45, 2.75) is 13.0 Å². The van der Waals surface area contributed by atoms with Gasteiger partial charge in [-0.15, -0.1) is 0 Å². The van der Waals surface area contributed by atoms with E-state index in [-0.39, 0.29) is 16.5 Å². The third kappa shape index (κ3) is 4.07. The lowest BCUT2D eigenvalue weighted by Crippen LogP contribution is -2.29. The lowest BCUT2D eigenvalue weighted by atomic mass is 9.95. The first-order valence-electron chi connectivity index (χ1n) is 11.2. The zero-order chi connectivity index (χ0) is 25.4. The monoisotopic (exact) mass is 504 g/mol. The van der Waals surface area contributed by atoms with Crippen LogP contribution in [0.3, 0.4) is 0 Å². The number of hydrogen-bond donors (Lipinski definition) is 1. The van der Waals surface area contributed by atoms with E-state index in [1.165, 1.54) is 30.2 Å². The first-order chi connectivity index (χ1) is 17.4. The lowest BCUT2D eigenvalue weighted by molar-refractivity contribution is -0.132. The Hall–Kier alpha value is -4.24. The summed E-state index contributed by atoms with van der Waals surface area (Å²) in [5, 5.41) is 11.5. The third-order valence-corrected chi connectivity index (χ3v) is 6.86. The predicted octanol–water partition coefficient (Wildman–Crippen LogP) is 5.47. The minimum absolute atomic E-state index is 0.0807. The average molecular weight is 505 g/mol. The number of thiazole rings is 1. The van der Waals surface area contributed by atoms with Crippen LogP contribution in [0.2, 0.25) is 0 Å². The van der Waals surface area contributed by atoms with E-state index < -0.39 is 23.5 Å². The molecule has 7 nitrogen and oxygen atoms in total. The van der Waals surface area contributed by atoms with Crippen molar-refractivity contribution in [3.63, 3.8) is 0 Å². The van der Waals surface area contributed by atoms with Gasteiger partial charge in [-0.1, -0.05) is 35.6 Å². The molecule has 0 bridgehead atoms. The normalized spacial score (nSPS) is 17.1. The van der Waals surface area contributed by atoms with Crippen molar-refractivity contribution < 1.29 is 28.6 Å². The van der Waals surface area contributed by atoms with E-state index in [1.54, 1.807) is 48.5 Å². The minimum atomic E-state index is -0.961. The molecule has 1 N–H and O–H groups in total. The molecule has 5 rings (SSSR count). The molecule has 1 amide bonds. The Labute approximate surface area is 210 Å². The minimum Gasteiger partial charge on any atom is -0.507 e. The first-order valence-corrected chi connectivity index (χ1v) is 12.0. The average Bonchev–Trinajstić information content (AvgIpc) is 3.42. The Balaban J connectivity index is 1.70. The summed E-state index contributed by atoms with van der Waals surface area (Å²) in [6, 6.07) is 16.7. The van der Waals surface area contributed by atoms with Crippen LogP contribution in [0, 0.1) is 5.82 Å². The number of nitrogens with zero attached hydrogens (tertiary/aromatic N) is 2. The Morgan fingerprint density at radius 1 is 1.08 bits per heavy atom. The highest BCUT2D eigenvalue weighted by Crippen LogP contribution is 2.44. The van der Waals surface area contributed by atoms with Gasteiger partial charge in [0.05, 0.1) is 35.5 Å². The maximum Gasteiger partial charge on any atom is 0.301 e. The number of Topliss-reactive ketones (excluding diaryl/α,β-unsaturated/α-hetero) is 1. The van der Waals surface area contributed by atoms with Crippen LogP contribution in [0.1, 0.15) is 24.1 Å². The second-order valence-corrected chi connectivity index (χ2v) is 9.02. The number of ether oxygens (including phenoxy) is 2. The summed E-state index contributed by atoms with van der Waals surface area (Å²) >= 11 is 1.09. The third-order valence-electron chi connectivity index (χ3n) is 5.84. The fraction of sp³-hybridized carbons (Fsp3) is 0.148. The number of amides is 1. The molecule has 0 aliphatic carbocycles. The number of fused-ring (bicyclic) bond motifs is 1. The molecule has 1 aliphatic heterocycles. The Kier molecular flexibility index (Phi) is 6.15. The molecule has 1 atom stereocenters. The summed E-state index contributed by atoms with van der Waals surface area (Å²) in [6.45, 7) is 2.35. The standard InChI is InChI=1S/C27H21FN2O5S/c1-3-35-18-10-7-15(8-11-18)23-22(24(31)16-5-4-6-19(13-16)34-2)25(32)26(33)30(23)27-29-20-12-9-17(28)14-21(20)36-27/h4-14,23,31H,3H2,1-2H3/b24-22+. The number of carbonyl (C=O) groups excluding carboxylic acids is 2. The lowest BCUT2D eigenvalue weighted by Gasteiger charge is -2.23. The molecule has 4 aromatic rings. The van der Waals surface area contributed by atoms with Crippen LogP contribution < -0.4 is 14.4 Å². The van der Waals surface area contributed by atoms with E-state index in [2.05, 4.69) is 4.98 Å². The van der Waals surface area contributed by atoms with E-state index in [0.29, 0.717) is 39.4 Å². The van der Waals surface area contributed by atoms with Crippen molar-refractivity contribution in [2.75, 3.05) is 18.6 Å². The number of halogens is 1. The van der Waals surface area contributed by atoms with Crippen LogP contribution in [-0.2, 0) is 9.59 Å². The summed E-state index contributed by atoms with van der Waals surface area (Å²) < 4.78 is 25.1. The van der Waals surface area contributed by atoms with Gasteiger partial charge in [-0.3, -0.25) is 14.5 Å². The van der Waals surface area contributed by atoms with Crippen molar-refractivity contribution in [1.82, 2.24) is 4.98 Å². The largest absolute Gasteiger partial charge is 0.507 e. The number of benzene rings is 3. The molecular weight excluding hydrogens is 483 g/mol. The maximum absolute atomic E-state index is 13.8. The van der Waals surface area contributed by atoms with E-state index in [1.807, 2.05) is 6.92 Å². The van der Waals surface area contributed by atoms with Gasteiger partial charge in [-0.25, -0.2) is 9.37 Å². The number of methoxy groups -OCH3 is 1. The van der Waals surface area contributed by atoms with Crippen molar-refractivity contribution >= 4 is 44.1 Å². The molecule has 1 aromatic heterocycles. The van der Waals surface area contributed by atoms with Crippen LogP contribution in [-0.4, -0.2) is 35.5 Å². The van der Waals surface area contributed by atoms with Crippen LogP contribution in [0.4, 0.5) is 9.52 Å².